The lowest BCUT2D eigenvalue weighted by Crippen LogP contribution is -2.40. The summed E-state index contributed by atoms with van der Waals surface area (Å²) in [5, 5.41) is 12.1. The lowest BCUT2D eigenvalue weighted by molar-refractivity contribution is -0.148. The maximum Gasteiger partial charge on any atom is 0.307 e. The number of nitrogens with one attached hydrogen (secondary N) is 2. The molecule has 3 N–H and O–H groups in total. The van der Waals surface area contributed by atoms with Gasteiger partial charge in [-0.15, -0.1) is 0 Å². The molecule has 2 aromatic rings. The average molecular weight is 315 g/mol. The number of benzene rings is 1. The largest absolute Gasteiger partial charge is 0.481 e. The Bertz CT molecular complexity index is 677. The number of para-hydroxylation sites is 2. The van der Waals surface area contributed by atoms with Gasteiger partial charge < -0.3 is 15.4 Å². The molecule has 0 bridgehead atoms. The fourth-order valence-corrected chi connectivity index (χ4v) is 3.30. The highest BCUT2D eigenvalue weighted by molar-refractivity contribution is 5.84. The van der Waals surface area contributed by atoms with Crippen LogP contribution in [0.5, 0.6) is 0 Å². The van der Waals surface area contributed by atoms with Crippen molar-refractivity contribution in [1.29, 1.82) is 0 Å². The van der Waals surface area contributed by atoms with Gasteiger partial charge in [0.25, 0.3) is 0 Å². The molecule has 0 aliphatic heterocycles. The molecule has 3 rings (SSSR count). The fraction of sp³-hybridized carbons (Fsp3) is 0.471. The molecule has 1 fully saturated rings. The molecule has 1 amide bonds. The molecule has 2 atom stereocenters. The number of carboxylic acid groups (broad SMARTS) is 1. The Balaban J connectivity index is 1.55. The Labute approximate surface area is 134 Å². The van der Waals surface area contributed by atoms with Gasteiger partial charge in [-0.3, -0.25) is 9.59 Å². The van der Waals surface area contributed by atoms with Crippen LogP contribution in [0.25, 0.3) is 11.0 Å². The summed E-state index contributed by atoms with van der Waals surface area (Å²) in [6.45, 7) is 0.460. The maximum absolute atomic E-state index is 12.3. The second kappa shape index (κ2) is 6.81. The van der Waals surface area contributed by atoms with E-state index in [1.54, 1.807) is 0 Å². The van der Waals surface area contributed by atoms with Crippen LogP contribution in [0.4, 0.5) is 0 Å². The summed E-state index contributed by atoms with van der Waals surface area (Å²) in [6.07, 6.45) is 3.67. The highest BCUT2D eigenvalue weighted by atomic mass is 16.4. The number of amides is 1. The minimum atomic E-state index is -0.859. The number of aliphatic carboxylic acids is 1. The third-order valence-corrected chi connectivity index (χ3v) is 4.52. The van der Waals surface area contributed by atoms with E-state index in [2.05, 4.69) is 15.3 Å². The van der Waals surface area contributed by atoms with Gasteiger partial charge in [0.1, 0.15) is 5.82 Å². The normalized spacial score (nSPS) is 21.2. The van der Waals surface area contributed by atoms with Crippen molar-refractivity contribution in [1.82, 2.24) is 15.3 Å². The first-order valence-electron chi connectivity index (χ1n) is 8.09. The van der Waals surface area contributed by atoms with Crippen LogP contribution < -0.4 is 5.32 Å². The summed E-state index contributed by atoms with van der Waals surface area (Å²) in [5.41, 5.74) is 1.89. The van der Waals surface area contributed by atoms with Crippen LogP contribution in [0.3, 0.4) is 0 Å². The van der Waals surface area contributed by atoms with Crippen LogP contribution in [0.1, 0.15) is 31.5 Å². The number of carboxylic acids is 1. The van der Waals surface area contributed by atoms with Gasteiger partial charge in [-0.25, -0.2) is 4.98 Å². The van der Waals surface area contributed by atoms with Crippen LogP contribution in [0.2, 0.25) is 0 Å². The van der Waals surface area contributed by atoms with Crippen LogP contribution in [-0.2, 0) is 16.0 Å². The Hall–Kier alpha value is -2.37. The van der Waals surface area contributed by atoms with Gasteiger partial charge in [-0.1, -0.05) is 25.0 Å². The molecule has 122 valence electrons. The maximum atomic E-state index is 12.3. The number of nitrogens with zero attached hydrogens (tertiary/aromatic N) is 1. The molecule has 1 heterocycles. The quantitative estimate of drug-likeness (QED) is 0.787. The molecular weight excluding hydrogens is 294 g/mol. The summed E-state index contributed by atoms with van der Waals surface area (Å²) in [5.74, 6) is -1.13. The van der Waals surface area contributed by atoms with Crippen molar-refractivity contribution in [3.05, 3.63) is 30.1 Å². The zero-order chi connectivity index (χ0) is 16.2. The van der Waals surface area contributed by atoms with Crippen molar-refractivity contribution < 1.29 is 14.7 Å². The second-order valence-electron chi connectivity index (χ2n) is 6.08. The monoisotopic (exact) mass is 315 g/mol. The number of fused-ring (bicyclic) bond motifs is 1. The minimum absolute atomic E-state index is 0.145. The molecule has 0 saturated heterocycles. The first-order chi connectivity index (χ1) is 11.1. The van der Waals surface area contributed by atoms with Gasteiger partial charge in [0.2, 0.25) is 5.91 Å². The van der Waals surface area contributed by atoms with Crippen molar-refractivity contribution in [3.63, 3.8) is 0 Å². The van der Waals surface area contributed by atoms with E-state index in [9.17, 15) is 14.7 Å². The van der Waals surface area contributed by atoms with E-state index in [1.165, 1.54) is 0 Å². The van der Waals surface area contributed by atoms with Gasteiger partial charge >= 0.3 is 5.97 Å². The number of H-pyrrole nitrogens is 1. The molecule has 2 unspecified atom stereocenters. The summed E-state index contributed by atoms with van der Waals surface area (Å²) in [7, 11) is 0. The molecule has 1 saturated carbocycles. The zero-order valence-electron chi connectivity index (χ0n) is 12.9. The first kappa shape index (κ1) is 15.5. The van der Waals surface area contributed by atoms with E-state index < -0.39 is 17.8 Å². The molecule has 23 heavy (non-hydrogen) atoms. The zero-order valence-corrected chi connectivity index (χ0v) is 12.9. The van der Waals surface area contributed by atoms with E-state index in [4.69, 9.17) is 0 Å². The van der Waals surface area contributed by atoms with E-state index in [1.807, 2.05) is 24.3 Å². The van der Waals surface area contributed by atoms with Crippen molar-refractivity contribution in [2.75, 3.05) is 6.54 Å². The van der Waals surface area contributed by atoms with E-state index in [-0.39, 0.29) is 5.91 Å². The predicted octanol–water partition coefficient (Wildman–Crippen LogP) is 2.11. The summed E-state index contributed by atoms with van der Waals surface area (Å²) in [6, 6.07) is 7.78. The van der Waals surface area contributed by atoms with Gasteiger partial charge in [0, 0.05) is 13.0 Å². The van der Waals surface area contributed by atoms with Crippen LogP contribution >= 0.6 is 0 Å². The van der Waals surface area contributed by atoms with Gasteiger partial charge in [0.05, 0.1) is 22.9 Å². The standard InChI is InChI=1S/C17H21N3O3/c21-16(11-5-1-2-6-12(11)17(22)23)18-10-9-15-19-13-7-3-4-8-14(13)20-15/h3-4,7-8,11-12H,1-2,5-6,9-10H2,(H,18,21)(H,19,20)(H,22,23). The number of hydrogen-bond acceptors (Lipinski definition) is 3. The van der Waals surface area contributed by atoms with E-state index in [0.29, 0.717) is 25.8 Å². The highest BCUT2D eigenvalue weighted by Gasteiger charge is 2.35. The third-order valence-electron chi connectivity index (χ3n) is 4.52. The lowest BCUT2D eigenvalue weighted by atomic mass is 9.79. The average Bonchev–Trinajstić information content (AvgIpc) is 2.97. The van der Waals surface area contributed by atoms with E-state index in [0.717, 1.165) is 29.7 Å². The predicted molar refractivity (Wildman–Crippen MR) is 85.9 cm³/mol. The summed E-state index contributed by atoms with van der Waals surface area (Å²) in [4.78, 5) is 31.2. The lowest BCUT2D eigenvalue weighted by Gasteiger charge is -2.27. The fourth-order valence-electron chi connectivity index (χ4n) is 3.30. The molecule has 0 radical (unpaired) electrons. The number of aromatic nitrogens is 2. The second-order valence-corrected chi connectivity index (χ2v) is 6.08. The van der Waals surface area contributed by atoms with Gasteiger partial charge in [0.15, 0.2) is 0 Å². The summed E-state index contributed by atoms with van der Waals surface area (Å²) < 4.78 is 0. The minimum Gasteiger partial charge on any atom is -0.481 e. The Morgan fingerprint density at radius 3 is 2.70 bits per heavy atom. The molecule has 1 aliphatic carbocycles. The molecule has 6 nitrogen and oxygen atoms in total. The van der Waals surface area contributed by atoms with Crippen molar-refractivity contribution in [3.8, 4) is 0 Å². The van der Waals surface area contributed by atoms with Crippen molar-refractivity contribution in [2.24, 2.45) is 11.8 Å². The molecule has 1 aliphatic rings. The number of rotatable bonds is 5. The van der Waals surface area contributed by atoms with E-state index >= 15 is 0 Å². The first-order valence-corrected chi connectivity index (χ1v) is 8.09. The molecule has 6 heteroatoms. The third kappa shape index (κ3) is 3.52. The topological polar surface area (TPSA) is 95.1 Å². The Morgan fingerprint density at radius 2 is 1.96 bits per heavy atom. The van der Waals surface area contributed by atoms with Crippen LogP contribution in [0, 0.1) is 11.8 Å². The number of carbonyl (C=O) groups is 2. The summed E-state index contributed by atoms with van der Waals surface area (Å²) >= 11 is 0. The van der Waals surface area contributed by atoms with Crippen molar-refractivity contribution in [2.45, 2.75) is 32.1 Å². The Kier molecular flexibility index (Phi) is 4.60. The number of aromatic amines is 1. The van der Waals surface area contributed by atoms with Crippen LogP contribution in [0.15, 0.2) is 24.3 Å². The Morgan fingerprint density at radius 1 is 1.22 bits per heavy atom. The molecule has 0 spiro atoms. The van der Waals surface area contributed by atoms with Gasteiger partial charge in [-0.2, -0.15) is 0 Å². The number of imidazole rings is 1. The number of hydrogen-bond donors (Lipinski definition) is 3. The molecular formula is C17H21N3O3. The van der Waals surface area contributed by atoms with Gasteiger partial charge in [-0.05, 0) is 25.0 Å². The van der Waals surface area contributed by atoms with Crippen LogP contribution in [-0.4, -0.2) is 33.5 Å². The smallest absolute Gasteiger partial charge is 0.307 e. The number of carbonyl (C=O) groups excluding carboxylic acids is 1. The van der Waals surface area contributed by atoms with Crippen molar-refractivity contribution >= 4 is 22.9 Å². The highest BCUT2D eigenvalue weighted by Crippen LogP contribution is 2.30. The molecule has 1 aromatic heterocycles. The molecule has 1 aromatic carbocycles. The SMILES string of the molecule is O=C(O)C1CCCCC1C(=O)NCCc1nc2ccccc2[nH]1.